The minimum Gasteiger partial charge on any atom is -0.478 e. The molecular formula is C12H16N2O3. The third kappa shape index (κ3) is 4.24. The molecule has 1 aromatic rings. The van der Waals surface area contributed by atoms with Gasteiger partial charge in [-0.15, -0.1) is 0 Å². The number of hydrogen-bond donors (Lipinski definition) is 3. The number of anilines is 1. The Morgan fingerprint density at radius 2 is 2.00 bits per heavy atom. The van der Waals surface area contributed by atoms with Crippen LogP contribution in [0.4, 0.5) is 5.69 Å². The van der Waals surface area contributed by atoms with Gasteiger partial charge in [-0.05, 0) is 18.7 Å². The average molecular weight is 236 g/mol. The molecule has 0 spiro atoms. The molecule has 0 saturated carbocycles. The third-order valence-corrected chi connectivity index (χ3v) is 2.21. The van der Waals surface area contributed by atoms with E-state index in [9.17, 15) is 9.59 Å². The molecular weight excluding hydrogens is 220 g/mol. The normalized spacial score (nSPS) is 9.94. The molecule has 0 aliphatic rings. The number of amides is 1. The Balaban J connectivity index is 2.61. The summed E-state index contributed by atoms with van der Waals surface area (Å²) in [5.41, 5.74) is 0.436. The van der Waals surface area contributed by atoms with Crippen molar-refractivity contribution >= 4 is 17.6 Å². The van der Waals surface area contributed by atoms with Crippen molar-refractivity contribution in [2.24, 2.45) is 0 Å². The van der Waals surface area contributed by atoms with Gasteiger partial charge in [-0.25, -0.2) is 4.79 Å². The number of carboxylic acid groups (broad SMARTS) is 1. The van der Waals surface area contributed by atoms with Crippen molar-refractivity contribution in [2.75, 3.05) is 18.4 Å². The van der Waals surface area contributed by atoms with Crippen LogP contribution in [-0.2, 0) is 4.79 Å². The number of carboxylic acids is 1. The second-order valence-electron chi connectivity index (χ2n) is 3.50. The Labute approximate surface area is 99.8 Å². The number of rotatable bonds is 6. The van der Waals surface area contributed by atoms with Gasteiger partial charge in [0, 0.05) is 13.0 Å². The van der Waals surface area contributed by atoms with Gasteiger partial charge in [-0.1, -0.05) is 19.1 Å². The molecule has 3 N–H and O–H groups in total. The van der Waals surface area contributed by atoms with E-state index in [-0.39, 0.29) is 11.5 Å². The highest BCUT2D eigenvalue weighted by Crippen LogP contribution is 2.14. The minimum atomic E-state index is -1.05. The molecule has 1 aromatic carbocycles. The van der Waals surface area contributed by atoms with Crippen LogP contribution in [0.25, 0.3) is 0 Å². The van der Waals surface area contributed by atoms with E-state index in [1.165, 1.54) is 6.07 Å². The van der Waals surface area contributed by atoms with Crippen LogP contribution >= 0.6 is 0 Å². The first kappa shape index (κ1) is 13.2. The van der Waals surface area contributed by atoms with E-state index in [2.05, 4.69) is 10.6 Å². The lowest BCUT2D eigenvalue weighted by atomic mass is 10.2. The number of para-hydroxylation sites is 1. The predicted molar refractivity (Wildman–Crippen MR) is 65.2 cm³/mol. The molecule has 92 valence electrons. The number of carbonyl (C=O) groups is 2. The fraction of sp³-hybridized carbons (Fsp3) is 0.333. The van der Waals surface area contributed by atoms with Gasteiger partial charge in [0.2, 0.25) is 5.91 Å². The maximum Gasteiger partial charge on any atom is 0.337 e. The lowest BCUT2D eigenvalue weighted by Gasteiger charge is -2.08. The van der Waals surface area contributed by atoms with Crippen molar-refractivity contribution in [3.05, 3.63) is 29.8 Å². The standard InChI is InChI=1S/C12H16N2O3/c1-2-13-8-7-11(15)14-10-6-4-3-5-9(10)12(16)17/h3-6,13H,2,7-8H2,1H3,(H,14,15)(H,16,17). The van der Waals surface area contributed by atoms with Gasteiger partial charge in [-0.2, -0.15) is 0 Å². The summed E-state index contributed by atoms with van der Waals surface area (Å²) < 4.78 is 0. The molecule has 0 fully saturated rings. The van der Waals surface area contributed by atoms with Crippen molar-refractivity contribution in [3.8, 4) is 0 Å². The van der Waals surface area contributed by atoms with Crippen LogP contribution in [0.15, 0.2) is 24.3 Å². The van der Waals surface area contributed by atoms with E-state index in [1.54, 1.807) is 18.2 Å². The Morgan fingerprint density at radius 1 is 1.29 bits per heavy atom. The van der Waals surface area contributed by atoms with E-state index in [0.29, 0.717) is 18.7 Å². The number of benzene rings is 1. The summed E-state index contributed by atoms with van der Waals surface area (Å²) in [6.45, 7) is 3.34. The van der Waals surface area contributed by atoms with Crippen LogP contribution in [0.1, 0.15) is 23.7 Å². The first-order chi connectivity index (χ1) is 8.15. The van der Waals surface area contributed by atoms with Crippen LogP contribution < -0.4 is 10.6 Å². The molecule has 5 nitrogen and oxygen atoms in total. The largest absolute Gasteiger partial charge is 0.478 e. The summed E-state index contributed by atoms with van der Waals surface area (Å²) in [5, 5.41) is 14.5. The SMILES string of the molecule is CCNCCC(=O)Nc1ccccc1C(=O)O. The molecule has 1 amide bonds. The topological polar surface area (TPSA) is 78.4 Å². The Hall–Kier alpha value is -1.88. The number of carbonyl (C=O) groups excluding carboxylic acids is 1. The van der Waals surface area contributed by atoms with Gasteiger partial charge in [0.25, 0.3) is 0 Å². The quantitative estimate of drug-likeness (QED) is 0.651. The van der Waals surface area contributed by atoms with E-state index < -0.39 is 5.97 Å². The molecule has 0 aromatic heterocycles. The fourth-order valence-corrected chi connectivity index (χ4v) is 1.37. The van der Waals surface area contributed by atoms with Crippen LogP contribution in [0.2, 0.25) is 0 Å². The molecule has 1 rings (SSSR count). The second-order valence-corrected chi connectivity index (χ2v) is 3.50. The molecule has 0 aliphatic heterocycles. The monoisotopic (exact) mass is 236 g/mol. The molecule has 0 radical (unpaired) electrons. The molecule has 17 heavy (non-hydrogen) atoms. The predicted octanol–water partition coefficient (Wildman–Crippen LogP) is 1.32. The lowest BCUT2D eigenvalue weighted by molar-refractivity contribution is -0.116. The van der Waals surface area contributed by atoms with Crippen molar-refractivity contribution in [1.29, 1.82) is 0 Å². The summed E-state index contributed by atoms with van der Waals surface area (Å²) in [7, 11) is 0. The van der Waals surface area contributed by atoms with E-state index in [0.717, 1.165) is 6.54 Å². The van der Waals surface area contributed by atoms with E-state index >= 15 is 0 Å². The summed E-state index contributed by atoms with van der Waals surface area (Å²) in [6, 6.07) is 6.35. The van der Waals surface area contributed by atoms with Crippen molar-refractivity contribution < 1.29 is 14.7 Å². The van der Waals surface area contributed by atoms with Crippen LogP contribution in [0, 0.1) is 0 Å². The summed E-state index contributed by atoms with van der Waals surface area (Å²) in [5.74, 6) is -1.24. The second kappa shape index (κ2) is 6.65. The molecule has 0 unspecified atom stereocenters. The Kier molecular flexibility index (Phi) is 5.16. The van der Waals surface area contributed by atoms with Gasteiger partial charge in [0.05, 0.1) is 11.3 Å². The van der Waals surface area contributed by atoms with Gasteiger partial charge < -0.3 is 15.7 Å². The van der Waals surface area contributed by atoms with Crippen molar-refractivity contribution in [2.45, 2.75) is 13.3 Å². The maximum absolute atomic E-state index is 11.5. The highest BCUT2D eigenvalue weighted by Gasteiger charge is 2.10. The van der Waals surface area contributed by atoms with E-state index in [4.69, 9.17) is 5.11 Å². The Bertz CT molecular complexity index is 404. The zero-order valence-corrected chi connectivity index (χ0v) is 9.69. The minimum absolute atomic E-state index is 0.101. The van der Waals surface area contributed by atoms with Gasteiger partial charge >= 0.3 is 5.97 Å². The number of hydrogen-bond acceptors (Lipinski definition) is 3. The van der Waals surface area contributed by atoms with Crippen molar-refractivity contribution in [1.82, 2.24) is 5.32 Å². The maximum atomic E-state index is 11.5. The van der Waals surface area contributed by atoms with Gasteiger partial charge in [0.1, 0.15) is 0 Å². The molecule has 0 atom stereocenters. The highest BCUT2D eigenvalue weighted by molar-refractivity contribution is 6.00. The van der Waals surface area contributed by atoms with Gasteiger partial charge in [-0.3, -0.25) is 4.79 Å². The average Bonchev–Trinajstić information content (AvgIpc) is 2.29. The van der Waals surface area contributed by atoms with Gasteiger partial charge in [0.15, 0.2) is 0 Å². The smallest absolute Gasteiger partial charge is 0.337 e. The van der Waals surface area contributed by atoms with Crippen LogP contribution in [0.5, 0.6) is 0 Å². The summed E-state index contributed by atoms with van der Waals surface area (Å²) >= 11 is 0. The zero-order valence-electron chi connectivity index (χ0n) is 9.69. The molecule has 5 heteroatoms. The lowest BCUT2D eigenvalue weighted by Crippen LogP contribution is -2.22. The molecule has 0 aliphatic carbocycles. The number of aromatic carboxylic acids is 1. The van der Waals surface area contributed by atoms with Crippen molar-refractivity contribution in [3.63, 3.8) is 0 Å². The first-order valence-electron chi connectivity index (χ1n) is 5.48. The summed E-state index contributed by atoms with van der Waals surface area (Å²) in [4.78, 5) is 22.4. The van der Waals surface area contributed by atoms with Crippen LogP contribution in [-0.4, -0.2) is 30.1 Å². The molecule has 0 bridgehead atoms. The zero-order chi connectivity index (χ0) is 12.7. The Morgan fingerprint density at radius 3 is 2.65 bits per heavy atom. The molecule has 0 saturated heterocycles. The fourth-order valence-electron chi connectivity index (χ4n) is 1.37. The third-order valence-electron chi connectivity index (χ3n) is 2.21. The summed E-state index contributed by atoms with van der Waals surface area (Å²) in [6.07, 6.45) is 0.321. The number of nitrogens with one attached hydrogen (secondary N) is 2. The highest BCUT2D eigenvalue weighted by atomic mass is 16.4. The molecule has 0 heterocycles. The van der Waals surface area contributed by atoms with E-state index in [1.807, 2.05) is 6.92 Å². The van der Waals surface area contributed by atoms with Crippen LogP contribution in [0.3, 0.4) is 0 Å². The first-order valence-corrected chi connectivity index (χ1v) is 5.48.